The van der Waals surface area contributed by atoms with Crippen molar-refractivity contribution in [1.82, 2.24) is 14.9 Å². The minimum absolute atomic E-state index is 0.0929. The lowest BCUT2D eigenvalue weighted by molar-refractivity contribution is 0.0600. The molecule has 1 heterocycles. The predicted octanol–water partition coefficient (Wildman–Crippen LogP) is 6.53. The quantitative estimate of drug-likeness (QED) is 0.196. The molecular formula is C36H37N3O5S. The topological polar surface area (TPSA) is 107 Å². The smallest absolute Gasteiger partial charge is 0.337 e. The molecule has 45 heavy (non-hydrogen) atoms. The Morgan fingerprint density at radius 3 is 2.24 bits per heavy atom. The van der Waals surface area contributed by atoms with Crippen molar-refractivity contribution in [3.63, 3.8) is 0 Å². The van der Waals surface area contributed by atoms with E-state index in [0.717, 1.165) is 22.3 Å². The van der Waals surface area contributed by atoms with Crippen molar-refractivity contribution in [3.05, 3.63) is 124 Å². The van der Waals surface area contributed by atoms with E-state index in [-0.39, 0.29) is 21.7 Å². The molecule has 232 valence electrons. The first-order chi connectivity index (χ1) is 21.3. The molecule has 0 amide bonds. The van der Waals surface area contributed by atoms with Gasteiger partial charge in [-0.05, 0) is 84.5 Å². The molecule has 1 atom stereocenters. The lowest BCUT2D eigenvalue weighted by atomic mass is 9.87. The van der Waals surface area contributed by atoms with E-state index < -0.39 is 21.8 Å². The zero-order chi connectivity index (χ0) is 32.5. The summed E-state index contributed by atoms with van der Waals surface area (Å²) in [4.78, 5) is 31.4. The van der Waals surface area contributed by atoms with Gasteiger partial charge in [0, 0.05) is 0 Å². The summed E-state index contributed by atoms with van der Waals surface area (Å²) >= 11 is 0. The van der Waals surface area contributed by atoms with E-state index in [4.69, 9.17) is 9.72 Å². The Hall–Kier alpha value is -4.60. The number of aromatic nitrogens is 2. The molecule has 0 saturated heterocycles. The summed E-state index contributed by atoms with van der Waals surface area (Å²) < 4.78 is 32.9. The number of methoxy groups -OCH3 is 1. The molecule has 9 heteroatoms. The zero-order valence-electron chi connectivity index (χ0n) is 26.3. The lowest BCUT2D eigenvalue weighted by Gasteiger charge is -2.21. The van der Waals surface area contributed by atoms with Crippen molar-refractivity contribution in [2.75, 3.05) is 13.0 Å². The number of fused-ring (bicyclic) bond motifs is 1. The Morgan fingerprint density at radius 2 is 1.60 bits per heavy atom. The number of aryl methyl sites for hydroxylation is 1. The fraction of sp³-hybridized carbons (Fsp3) is 0.250. The van der Waals surface area contributed by atoms with Gasteiger partial charge in [0.25, 0.3) is 5.56 Å². The van der Waals surface area contributed by atoms with Crippen LogP contribution in [0.15, 0.2) is 101 Å². The van der Waals surface area contributed by atoms with Crippen molar-refractivity contribution < 1.29 is 17.9 Å². The molecule has 0 aliphatic rings. The standard InChI is InChI=1S/C36H37N3O5S/c1-23-10-15-29(16-11-23)39-33(24(2)37-22-45(42,43)30-17-13-28(14-18-30)36(3,4)5)38-32-19-12-26(21-31(32)34(39)40)25-8-7-9-27(20-25)35(41)44-6/h7-21,24,37H,22H2,1-6H3. The molecule has 1 unspecified atom stereocenters. The Kier molecular flexibility index (Phi) is 8.78. The summed E-state index contributed by atoms with van der Waals surface area (Å²) in [5.41, 5.74) is 4.67. The molecule has 0 aliphatic carbocycles. The number of sulfone groups is 1. The van der Waals surface area contributed by atoms with Crippen LogP contribution in [-0.2, 0) is 20.0 Å². The van der Waals surface area contributed by atoms with Crippen LogP contribution < -0.4 is 10.9 Å². The fourth-order valence-electron chi connectivity index (χ4n) is 5.13. The number of carbonyl (C=O) groups is 1. The van der Waals surface area contributed by atoms with Crippen LogP contribution in [0.4, 0.5) is 0 Å². The van der Waals surface area contributed by atoms with Crippen molar-refractivity contribution >= 4 is 26.7 Å². The molecule has 1 aromatic heterocycles. The van der Waals surface area contributed by atoms with E-state index in [1.54, 1.807) is 49.4 Å². The molecule has 4 aromatic carbocycles. The van der Waals surface area contributed by atoms with E-state index in [1.165, 1.54) is 11.7 Å². The van der Waals surface area contributed by atoms with Gasteiger partial charge in [0.15, 0.2) is 9.84 Å². The minimum atomic E-state index is -3.67. The first-order valence-electron chi connectivity index (χ1n) is 14.7. The van der Waals surface area contributed by atoms with Crippen LogP contribution in [0.3, 0.4) is 0 Å². The summed E-state index contributed by atoms with van der Waals surface area (Å²) in [5, 5.41) is 3.49. The summed E-state index contributed by atoms with van der Waals surface area (Å²) in [6.07, 6.45) is 0. The number of rotatable bonds is 8. The van der Waals surface area contributed by atoms with E-state index in [2.05, 4.69) is 26.1 Å². The van der Waals surface area contributed by atoms with Crippen LogP contribution in [0.1, 0.15) is 61.0 Å². The highest BCUT2D eigenvalue weighted by molar-refractivity contribution is 7.91. The van der Waals surface area contributed by atoms with Crippen molar-refractivity contribution in [3.8, 4) is 16.8 Å². The second-order valence-electron chi connectivity index (χ2n) is 12.2. The normalized spacial score (nSPS) is 12.7. The SMILES string of the molecule is COC(=O)c1cccc(-c2ccc3nc(C(C)NCS(=O)(=O)c4ccc(C(C)(C)C)cc4)n(-c4ccc(C)cc4)c(=O)c3c2)c1. The molecule has 0 spiro atoms. The fourth-order valence-corrected chi connectivity index (χ4v) is 6.32. The molecule has 0 bridgehead atoms. The van der Waals surface area contributed by atoms with Gasteiger partial charge in [-0.15, -0.1) is 0 Å². The third-order valence-corrected chi connectivity index (χ3v) is 9.39. The summed E-state index contributed by atoms with van der Waals surface area (Å²) in [6.45, 7) is 9.99. The number of nitrogens with zero attached hydrogens (tertiary/aromatic N) is 2. The largest absolute Gasteiger partial charge is 0.465 e. The van der Waals surface area contributed by atoms with Crippen LogP contribution in [0.25, 0.3) is 27.7 Å². The molecule has 0 saturated carbocycles. The van der Waals surface area contributed by atoms with Gasteiger partial charge < -0.3 is 4.74 Å². The molecule has 0 aliphatic heterocycles. The second kappa shape index (κ2) is 12.4. The number of ether oxygens (including phenoxy) is 1. The number of benzene rings is 4. The van der Waals surface area contributed by atoms with Crippen molar-refractivity contribution in [2.24, 2.45) is 0 Å². The van der Waals surface area contributed by atoms with Crippen LogP contribution >= 0.6 is 0 Å². The maximum absolute atomic E-state index is 14.2. The maximum atomic E-state index is 14.2. The molecule has 5 aromatic rings. The van der Waals surface area contributed by atoms with E-state index in [9.17, 15) is 18.0 Å². The van der Waals surface area contributed by atoms with Gasteiger partial charge in [-0.3, -0.25) is 14.7 Å². The second-order valence-corrected chi connectivity index (χ2v) is 14.2. The van der Waals surface area contributed by atoms with Gasteiger partial charge in [-0.1, -0.05) is 68.8 Å². The molecule has 1 N–H and O–H groups in total. The Labute approximate surface area is 263 Å². The van der Waals surface area contributed by atoms with E-state index in [1.807, 2.05) is 55.5 Å². The van der Waals surface area contributed by atoms with Crippen LogP contribution in [0, 0.1) is 6.92 Å². The number of esters is 1. The Morgan fingerprint density at radius 1 is 0.933 bits per heavy atom. The average molecular weight is 624 g/mol. The third kappa shape index (κ3) is 6.74. The first kappa shape index (κ1) is 31.8. The van der Waals surface area contributed by atoms with Gasteiger partial charge >= 0.3 is 5.97 Å². The van der Waals surface area contributed by atoms with E-state index in [0.29, 0.717) is 28.0 Å². The van der Waals surface area contributed by atoms with Gasteiger partial charge in [0.1, 0.15) is 11.7 Å². The highest BCUT2D eigenvalue weighted by Crippen LogP contribution is 2.27. The van der Waals surface area contributed by atoms with E-state index >= 15 is 0 Å². The van der Waals surface area contributed by atoms with Crippen LogP contribution in [-0.4, -0.2) is 36.9 Å². The number of hydrogen-bond acceptors (Lipinski definition) is 7. The van der Waals surface area contributed by atoms with Gasteiger partial charge in [0.2, 0.25) is 0 Å². The summed E-state index contributed by atoms with van der Waals surface area (Å²) in [5.74, 6) is -0.397. The summed E-state index contributed by atoms with van der Waals surface area (Å²) in [7, 11) is -2.34. The summed E-state index contributed by atoms with van der Waals surface area (Å²) in [6, 6.07) is 26.3. The van der Waals surface area contributed by atoms with Gasteiger partial charge in [-0.2, -0.15) is 0 Å². The average Bonchev–Trinajstić information content (AvgIpc) is 3.03. The molecular weight excluding hydrogens is 586 g/mol. The number of nitrogens with one attached hydrogen (secondary N) is 1. The lowest BCUT2D eigenvalue weighted by Crippen LogP contribution is -2.32. The predicted molar refractivity (Wildman–Crippen MR) is 178 cm³/mol. The first-order valence-corrected chi connectivity index (χ1v) is 16.3. The monoisotopic (exact) mass is 623 g/mol. The van der Waals surface area contributed by atoms with Crippen molar-refractivity contribution in [1.29, 1.82) is 0 Å². The third-order valence-electron chi connectivity index (χ3n) is 7.85. The maximum Gasteiger partial charge on any atom is 0.337 e. The minimum Gasteiger partial charge on any atom is -0.465 e. The van der Waals surface area contributed by atoms with Gasteiger partial charge in [0.05, 0.1) is 40.2 Å². The van der Waals surface area contributed by atoms with Crippen molar-refractivity contribution in [2.45, 2.75) is 51.0 Å². The Balaban J connectivity index is 1.54. The van der Waals surface area contributed by atoms with Gasteiger partial charge in [-0.25, -0.2) is 18.2 Å². The van der Waals surface area contributed by atoms with Crippen LogP contribution in [0.2, 0.25) is 0 Å². The number of hydrogen-bond donors (Lipinski definition) is 1. The molecule has 5 rings (SSSR count). The highest BCUT2D eigenvalue weighted by atomic mass is 32.2. The molecule has 0 radical (unpaired) electrons. The zero-order valence-corrected chi connectivity index (χ0v) is 27.1. The number of carbonyl (C=O) groups excluding carboxylic acids is 1. The Bertz CT molecular complexity index is 2040. The molecule has 8 nitrogen and oxygen atoms in total. The molecule has 0 fully saturated rings. The highest BCUT2D eigenvalue weighted by Gasteiger charge is 2.22. The van der Waals surface area contributed by atoms with Crippen LogP contribution in [0.5, 0.6) is 0 Å².